The minimum atomic E-state index is -0.123. The van der Waals surface area contributed by atoms with Gasteiger partial charge in [0.25, 0.3) is 0 Å². The molecule has 16 heavy (non-hydrogen) atoms. The van der Waals surface area contributed by atoms with E-state index in [9.17, 15) is 0 Å². The van der Waals surface area contributed by atoms with Crippen molar-refractivity contribution in [3.63, 3.8) is 0 Å². The molecule has 1 aromatic heterocycles. The number of H-pyrrole nitrogens is 1. The average molecular weight is 216 g/mol. The summed E-state index contributed by atoms with van der Waals surface area (Å²) in [5.41, 5.74) is 9.92. The number of aromatic amines is 1. The summed E-state index contributed by atoms with van der Waals surface area (Å²) in [7, 11) is 0. The fraction of sp³-hybridized carbons (Fsp3) is 0.333. The number of benzene rings is 1. The van der Waals surface area contributed by atoms with Crippen LogP contribution in [-0.4, -0.2) is 15.2 Å². The fourth-order valence-corrected chi connectivity index (χ4v) is 1.88. The fourth-order valence-electron chi connectivity index (χ4n) is 1.88. The highest BCUT2D eigenvalue weighted by Gasteiger charge is 2.12. The standard InChI is InChI=1S/C12H16N4/c1-8-4-3-5-9(2)10(8)6-11(13)12-14-7-15-16-12/h3-5,7,11H,6,13H2,1-2H3,(H,14,15,16). The summed E-state index contributed by atoms with van der Waals surface area (Å²) >= 11 is 0. The van der Waals surface area contributed by atoms with Gasteiger partial charge in [-0.25, -0.2) is 4.98 Å². The predicted molar refractivity (Wildman–Crippen MR) is 62.9 cm³/mol. The molecule has 1 unspecified atom stereocenters. The Morgan fingerprint density at radius 3 is 2.56 bits per heavy atom. The molecule has 0 radical (unpaired) electrons. The molecular formula is C12H16N4. The summed E-state index contributed by atoms with van der Waals surface area (Å²) in [5, 5.41) is 6.62. The predicted octanol–water partition coefficient (Wildman–Crippen LogP) is 1.66. The van der Waals surface area contributed by atoms with Gasteiger partial charge in [0.15, 0.2) is 0 Å². The first-order valence-electron chi connectivity index (χ1n) is 5.34. The van der Waals surface area contributed by atoms with E-state index in [1.165, 1.54) is 23.0 Å². The third-order valence-electron chi connectivity index (χ3n) is 2.85. The lowest BCUT2D eigenvalue weighted by atomic mass is 9.96. The third-order valence-corrected chi connectivity index (χ3v) is 2.85. The first-order valence-corrected chi connectivity index (χ1v) is 5.34. The molecule has 84 valence electrons. The maximum absolute atomic E-state index is 6.08. The number of hydrogen-bond donors (Lipinski definition) is 2. The highest BCUT2D eigenvalue weighted by Crippen LogP contribution is 2.19. The number of rotatable bonds is 3. The van der Waals surface area contributed by atoms with Crippen LogP contribution >= 0.6 is 0 Å². The lowest BCUT2D eigenvalue weighted by molar-refractivity contribution is 0.666. The van der Waals surface area contributed by atoms with Crippen molar-refractivity contribution in [3.8, 4) is 0 Å². The van der Waals surface area contributed by atoms with Crippen molar-refractivity contribution in [2.24, 2.45) is 5.73 Å². The molecule has 0 spiro atoms. The zero-order valence-corrected chi connectivity index (χ0v) is 9.57. The second kappa shape index (κ2) is 4.45. The Balaban J connectivity index is 2.21. The number of nitrogens with one attached hydrogen (secondary N) is 1. The van der Waals surface area contributed by atoms with Gasteiger partial charge in [-0.2, -0.15) is 5.10 Å². The van der Waals surface area contributed by atoms with Gasteiger partial charge in [0, 0.05) is 0 Å². The van der Waals surface area contributed by atoms with Crippen LogP contribution in [0.1, 0.15) is 28.6 Å². The molecule has 0 saturated carbocycles. The molecule has 1 aromatic carbocycles. The second-order valence-corrected chi connectivity index (χ2v) is 4.05. The molecule has 0 amide bonds. The van der Waals surface area contributed by atoms with Crippen LogP contribution in [0.2, 0.25) is 0 Å². The molecule has 4 heteroatoms. The second-order valence-electron chi connectivity index (χ2n) is 4.05. The van der Waals surface area contributed by atoms with E-state index in [0.29, 0.717) is 0 Å². The monoisotopic (exact) mass is 216 g/mol. The average Bonchev–Trinajstić information content (AvgIpc) is 2.76. The van der Waals surface area contributed by atoms with Gasteiger partial charge >= 0.3 is 0 Å². The Morgan fingerprint density at radius 1 is 1.31 bits per heavy atom. The van der Waals surface area contributed by atoms with Crippen LogP contribution in [0.5, 0.6) is 0 Å². The molecule has 0 saturated heterocycles. The molecule has 1 heterocycles. The summed E-state index contributed by atoms with van der Waals surface area (Å²) in [5.74, 6) is 0.739. The molecule has 4 nitrogen and oxygen atoms in total. The Morgan fingerprint density at radius 2 is 2.00 bits per heavy atom. The first-order chi connectivity index (χ1) is 7.68. The SMILES string of the molecule is Cc1cccc(C)c1CC(N)c1ncn[nH]1. The molecule has 0 aliphatic carbocycles. The number of nitrogens with two attached hydrogens (primary N) is 1. The third kappa shape index (κ3) is 2.12. The van der Waals surface area contributed by atoms with Gasteiger partial charge < -0.3 is 5.73 Å². The van der Waals surface area contributed by atoms with E-state index in [0.717, 1.165) is 12.2 Å². The van der Waals surface area contributed by atoms with Crippen molar-refractivity contribution in [1.29, 1.82) is 0 Å². The topological polar surface area (TPSA) is 67.6 Å². The van der Waals surface area contributed by atoms with Crippen LogP contribution in [-0.2, 0) is 6.42 Å². The molecule has 3 N–H and O–H groups in total. The molecule has 0 aliphatic rings. The van der Waals surface area contributed by atoms with E-state index in [1.807, 2.05) is 0 Å². The summed E-state index contributed by atoms with van der Waals surface area (Å²) in [6, 6.07) is 6.15. The zero-order chi connectivity index (χ0) is 11.5. The number of aromatic nitrogens is 3. The van der Waals surface area contributed by atoms with Crippen LogP contribution in [0.4, 0.5) is 0 Å². The van der Waals surface area contributed by atoms with Gasteiger partial charge in [0.2, 0.25) is 0 Å². The van der Waals surface area contributed by atoms with E-state index in [2.05, 4.69) is 47.2 Å². The Hall–Kier alpha value is -1.68. The van der Waals surface area contributed by atoms with E-state index in [-0.39, 0.29) is 6.04 Å². The summed E-state index contributed by atoms with van der Waals surface area (Å²) in [6.45, 7) is 4.21. The molecule has 2 aromatic rings. The highest BCUT2D eigenvalue weighted by molar-refractivity contribution is 5.34. The van der Waals surface area contributed by atoms with Gasteiger partial charge in [0.1, 0.15) is 12.2 Å². The van der Waals surface area contributed by atoms with E-state index in [4.69, 9.17) is 5.73 Å². The van der Waals surface area contributed by atoms with Gasteiger partial charge in [-0.15, -0.1) is 0 Å². The molecule has 0 aliphatic heterocycles. The van der Waals surface area contributed by atoms with E-state index >= 15 is 0 Å². The largest absolute Gasteiger partial charge is 0.321 e. The minimum Gasteiger partial charge on any atom is -0.321 e. The lowest BCUT2D eigenvalue weighted by Gasteiger charge is -2.13. The number of aryl methyl sites for hydroxylation is 2. The minimum absolute atomic E-state index is 0.123. The number of hydrogen-bond acceptors (Lipinski definition) is 3. The lowest BCUT2D eigenvalue weighted by Crippen LogP contribution is -2.16. The van der Waals surface area contributed by atoms with E-state index < -0.39 is 0 Å². The molecule has 2 rings (SSSR count). The highest BCUT2D eigenvalue weighted by atomic mass is 15.2. The van der Waals surface area contributed by atoms with Crippen molar-refractivity contribution in [2.75, 3.05) is 0 Å². The Labute approximate surface area is 94.9 Å². The van der Waals surface area contributed by atoms with Crippen LogP contribution < -0.4 is 5.73 Å². The maximum Gasteiger partial charge on any atom is 0.141 e. The van der Waals surface area contributed by atoms with Gasteiger partial charge in [-0.1, -0.05) is 18.2 Å². The van der Waals surface area contributed by atoms with Gasteiger partial charge in [-0.05, 0) is 37.0 Å². The molecule has 0 fully saturated rings. The van der Waals surface area contributed by atoms with Crippen LogP contribution in [0, 0.1) is 13.8 Å². The molecule has 1 atom stereocenters. The van der Waals surface area contributed by atoms with Crippen LogP contribution in [0.15, 0.2) is 24.5 Å². The van der Waals surface area contributed by atoms with Crippen LogP contribution in [0.3, 0.4) is 0 Å². The van der Waals surface area contributed by atoms with Crippen molar-refractivity contribution < 1.29 is 0 Å². The quantitative estimate of drug-likeness (QED) is 0.820. The summed E-state index contributed by atoms with van der Waals surface area (Å²) in [6.07, 6.45) is 2.27. The van der Waals surface area contributed by atoms with Crippen molar-refractivity contribution in [2.45, 2.75) is 26.3 Å². The molecular weight excluding hydrogens is 200 g/mol. The number of nitrogens with zero attached hydrogens (tertiary/aromatic N) is 2. The molecule has 0 bridgehead atoms. The maximum atomic E-state index is 6.08. The Bertz CT molecular complexity index is 442. The van der Waals surface area contributed by atoms with Gasteiger partial charge in [0.05, 0.1) is 6.04 Å². The van der Waals surface area contributed by atoms with Crippen molar-refractivity contribution >= 4 is 0 Å². The van der Waals surface area contributed by atoms with Crippen molar-refractivity contribution in [1.82, 2.24) is 15.2 Å². The smallest absolute Gasteiger partial charge is 0.141 e. The zero-order valence-electron chi connectivity index (χ0n) is 9.57. The van der Waals surface area contributed by atoms with Gasteiger partial charge in [-0.3, -0.25) is 5.10 Å². The first kappa shape index (κ1) is 10.8. The van der Waals surface area contributed by atoms with E-state index in [1.54, 1.807) is 0 Å². The van der Waals surface area contributed by atoms with Crippen LogP contribution in [0.25, 0.3) is 0 Å². The van der Waals surface area contributed by atoms with Crippen molar-refractivity contribution in [3.05, 3.63) is 47.0 Å². The summed E-state index contributed by atoms with van der Waals surface area (Å²) in [4.78, 5) is 4.08. The Kier molecular flexibility index (Phi) is 3.01. The summed E-state index contributed by atoms with van der Waals surface area (Å²) < 4.78 is 0. The normalized spacial score (nSPS) is 12.7.